The first-order valence-corrected chi connectivity index (χ1v) is 9.37. The number of amides is 1. The molecule has 4 rings (SSSR count). The van der Waals surface area contributed by atoms with Gasteiger partial charge >= 0.3 is 25.0 Å². The van der Waals surface area contributed by atoms with Crippen molar-refractivity contribution < 1.29 is 37.9 Å². The molecule has 1 fully saturated rings. The van der Waals surface area contributed by atoms with E-state index in [-0.39, 0.29) is 25.5 Å². The number of hydrogen-bond donors (Lipinski definition) is 0. The molecule has 3 aromatic carbocycles. The summed E-state index contributed by atoms with van der Waals surface area (Å²) in [6.45, 7) is 1.29. The molecule has 6 heteroatoms. The second kappa shape index (κ2) is 10.1. The molecular formula is C24H20LiNO4. The molecule has 0 N–H and O–H groups in total. The van der Waals surface area contributed by atoms with Crippen molar-refractivity contribution in [3.8, 4) is 0 Å². The summed E-state index contributed by atoms with van der Waals surface area (Å²) in [7, 11) is 0. The van der Waals surface area contributed by atoms with E-state index in [9.17, 15) is 9.59 Å². The SMILES string of the molecule is O=C1[CH-]N(C(=O)OCc2ccccc2)C(c2ccccc2)C(c2ccccc2)O1.[Li+]. The number of rotatable bonds is 4. The maximum atomic E-state index is 12.9. The zero-order valence-corrected chi connectivity index (χ0v) is 16.7. The van der Waals surface area contributed by atoms with Crippen molar-refractivity contribution >= 4 is 12.1 Å². The van der Waals surface area contributed by atoms with Crippen LogP contribution in [-0.2, 0) is 20.9 Å². The molecule has 5 nitrogen and oxygen atoms in total. The van der Waals surface area contributed by atoms with Gasteiger partial charge in [-0.15, -0.1) is 0 Å². The molecule has 2 atom stereocenters. The van der Waals surface area contributed by atoms with Gasteiger partial charge in [-0.25, -0.2) is 4.79 Å². The van der Waals surface area contributed by atoms with Crippen molar-refractivity contribution in [2.45, 2.75) is 18.8 Å². The summed E-state index contributed by atoms with van der Waals surface area (Å²) in [5, 5.41) is 0. The molecule has 146 valence electrons. The first kappa shape index (κ1) is 21.6. The monoisotopic (exact) mass is 393 g/mol. The molecule has 1 saturated heterocycles. The van der Waals surface area contributed by atoms with Gasteiger partial charge in [-0.1, -0.05) is 91.0 Å². The summed E-state index contributed by atoms with van der Waals surface area (Å²) in [6.07, 6.45) is -1.24. The number of ether oxygens (including phenoxy) is 2. The van der Waals surface area contributed by atoms with Crippen LogP contribution < -0.4 is 18.9 Å². The zero-order valence-electron chi connectivity index (χ0n) is 16.7. The number of carbonyl (C=O) groups is 2. The van der Waals surface area contributed by atoms with E-state index in [0.29, 0.717) is 0 Å². The molecule has 2 unspecified atom stereocenters. The van der Waals surface area contributed by atoms with E-state index in [0.717, 1.165) is 16.7 Å². The van der Waals surface area contributed by atoms with Gasteiger partial charge in [0, 0.05) is 0 Å². The molecular weight excluding hydrogens is 373 g/mol. The maximum absolute atomic E-state index is 12.9. The third kappa shape index (κ3) is 4.88. The predicted octanol–water partition coefficient (Wildman–Crippen LogP) is 1.83. The summed E-state index contributed by atoms with van der Waals surface area (Å²) in [4.78, 5) is 26.6. The van der Waals surface area contributed by atoms with Crippen LogP contribution in [0.3, 0.4) is 0 Å². The van der Waals surface area contributed by atoms with Gasteiger partial charge in [0.2, 0.25) is 0 Å². The Hall–Kier alpha value is -3.13. The van der Waals surface area contributed by atoms with Gasteiger partial charge in [-0.2, -0.15) is 6.54 Å². The fraction of sp³-hybridized carbons (Fsp3) is 0.125. The Morgan fingerprint density at radius 1 is 0.867 bits per heavy atom. The normalized spacial score (nSPS) is 17.9. The van der Waals surface area contributed by atoms with Crippen molar-refractivity contribution in [1.82, 2.24) is 4.90 Å². The summed E-state index contributed by atoms with van der Waals surface area (Å²) < 4.78 is 11.1. The zero-order chi connectivity index (χ0) is 20.1. The molecule has 0 aromatic heterocycles. The van der Waals surface area contributed by atoms with E-state index < -0.39 is 24.2 Å². The molecule has 0 aliphatic carbocycles. The van der Waals surface area contributed by atoms with Crippen LogP contribution in [0.25, 0.3) is 0 Å². The van der Waals surface area contributed by atoms with E-state index in [1.807, 2.05) is 91.0 Å². The molecule has 1 aliphatic rings. The number of esters is 1. The smallest absolute Gasteiger partial charge is 0.476 e. The Labute approximate surface area is 187 Å². The third-order valence-corrected chi connectivity index (χ3v) is 4.76. The van der Waals surface area contributed by atoms with E-state index in [1.54, 1.807) is 0 Å². The summed E-state index contributed by atoms with van der Waals surface area (Å²) >= 11 is 0. The minimum atomic E-state index is -0.639. The van der Waals surface area contributed by atoms with Crippen LogP contribution in [0.4, 0.5) is 4.79 Å². The molecule has 0 radical (unpaired) electrons. The Balaban J connectivity index is 0.00000256. The van der Waals surface area contributed by atoms with Gasteiger partial charge in [-0.3, -0.25) is 4.79 Å². The quantitative estimate of drug-likeness (QED) is 0.386. The molecule has 0 spiro atoms. The molecule has 30 heavy (non-hydrogen) atoms. The molecule has 3 aromatic rings. The number of cyclic esters (lactones) is 1. The topological polar surface area (TPSA) is 55.8 Å². The molecule has 0 saturated carbocycles. The fourth-order valence-corrected chi connectivity index (χ4v) is 3.40. The largest absolute Gasteiger partial charge is 1.00 e. The van der Waals surface area contributed by atoms with Gasteiger partial charge in [0.15, 0.2) is 5.97 Å². The first-order valence-electron chi connectivity index (χ1n) is 9.37. The number of carbonyl (C=O) groups excluding carboxylic acids is 2. The molecule has 1 aliphatic heterocycles. The minimum Gasteiger partial charge on any atom is -0.476 e. The second-order valence-electron chi connectivity index (χ2n) is 6.70. The van der Waals surface area contributed by atoms with E-state index in [1.165, 1.54) is 11.4 Å². The van der Waals surface area contributed by atoms with Crippen LogP contribution in [0.5, 0.6) is 0 Å². The average Bonchev–Trinajstić information content (AvgIpc) is 2.78. The van der Waals surface area contributed by atoms with Gasteiger partial charge in [0.05, 0.1) is 6.04 Å². The average molecular weight is 393 g/mol. The molecule has 1 heterocycles. The minimum absolute atomic E-state index is 0. The number of nitrogens with zero attached hydrogens (tertiary/aromatic N) is 1. The van der Waals surface area contributed by atoms with Crippen molar-refractivity contribution in [3.05, 3.63) is 114 Å². The third-order valence-electron chi connectivity index (χ3n) is 4.76. The summed E-state index contributed by atoms with van der Waals surface area (Å²) in [5.41, 5.74) is 2.53. The van der Waals surface area contributed by atoms with Crippen molar-refractivity contribution in [2.24, 2.45) is 0 Å². The Kier molecular flexibility index (Phi) is 7.24. The van der Waals surface area contributed by atoms with E-state index in [2.05, 4.69) is 0 Å². The number of benzene rings is 3. The standard InChI is InChI=1S/C24H20NO4.Li/c26-21-16-25(24(27)28-17-18-10-4-1-5-11-18)22(19-12-6-2-7-13-19)23(29-21)20-14-8-3-9-15-20;/h1-16,22-23H,17H2;/q-1;+1. The molecule has 0 bridgehead atoms. The van der Waals surface area contributed by atoms with Gasteiger partial charge in [-0.05, 0) is 16.7 Å². The number of hydrogen-bond acceptors (Lipinski definition) is 4. The van der Waals surface area contributed by atoms with E-state index in [4.69, 9.17) is 9.47 Å². The maximum Gasteiger partial charge on any atom is 1.00 e. The summed E-state index contributed by atoms with van der Waals surface area (Å²) in [5.74, 6) is -0.581. The van der Waals surface area contributed by atoms with Crippen LogP contribution in [-0.4, -0.2) is 17.0 Å². The summed E-state index contributed by atoms with van der Waals surface area (Å²) in [6, 6.07) is 27.8. The Morgan fingerprint density at radius 3 is 2.00 bits per heavy atom. The van der Waals surface area contributed by atoms with Crippen molar-refractivity contribution in [3.63, 3.8) is 0 Å². The first-order chi connectivity index (χ1) is 14.2. The van der Waals surface area contributed by atoms with Gasteiger partial charge < -0.3 is 14.4 Å². The van der Waals surface area contributed by atoms with Crippen LogP contribution in [0.2, 0.25) is 0 Å². The van der Waals surface area contributed by atoms with Crippen molar-refractivity contribution in [1.29, 1.82) is 0 Å². The Bertz CT molecular complexity index is 966. The van der Waals surface area contributed by atoms with Crippen LogP contribution in [0, 0.1) is 6.54 Å². The molecule has 1 amide bonds. The fourth-order valence-electron chi connectivity index (χ4n) is 3.40. The van der Waals surface area contributed by atoms with Crippen molar-refractivity contribution in [2.75, 3.05) is 0 Å². The van der Waals surface area contributed by atoms with E-state index >= 15 is 0 Å². The predicted molar refractivity (Wildman–Crippen MR) is 107 cm³/mol. The van der Waals surface area contributed by atoms with Crippen LogP contribution >= 0.6 is 0 Å². The van der Waals surface area contributed by atoms with Crippen LogP contribution in [0.15, 0.2) is 91.0 Å². The van der Waals surface area contributed by atoms with Crippen LogP contribution in [0.1, 0.15) is 28.8 Å². The van der Waals surface area contributed by atoms with Gasteiger partial charge in [0.25, 0.3) is 0 Å². The number of morpholine rings is 1. The Morgan fingerprint density at radius 2 is 1.40 bits per heavy atom. The second-order valence-corrected chi connectivity index (χ2v) is 6.70. The van der Waals surface area contributed by atoms with Gasteiger partial charge in [0.1, 0.15) is 12.7 Å².